The van der Waals surface area contributed by atoms with E-state index in [1.54, 1.807) is 48.5 Å². The van der Waals surface area contributed by atoms with Crippen LogP contribution in [0.25, 0.3) is 0 Å². The Kier molecular flexibility index (Phi) is 5.63. The quantitative estimate of drug-likeness (QED) is 0.650. The number of carbonyl (C=O) groups excluding carboxylic acids is 2. The molecule has 136 valence electrons. The predicted octanol–water partition coefficient (Wildman–Crippen LogP) is 3.91. The second kappa shape index (κ2) is 8.29. The molecule has 0 aliphatic rings. The number of aromatic nitrogens is 2. The number of methoxy groups -OCH3 is 1. The van der Waals surface area contributed by atoms with Crippen molar-refractivity contribution in [3.63, 3.8) is 0 Å². The van der Waals surface area contributed by atoms with Crippen LogP contribution < -0.4 is 10.6 Å². The third-order valence-corrected chi connectivity index (χ3v) is 3.81. The highest BCUT2D eigenvalue weighted by Gasteiger charge is 2.15. The number of halogens is 1. The number of nitrogens with zero attached hydrogens (tertiary/aromatic N) is 2. The lowest BCUT2D eigenvalue weighted by Gasteiger charge is -2.09. The van der Waals surface area contributed by atoms with Crippen LogP contribution in [-0.2, 0) is 4.74 Å². The van der Waals surface area contributed by atoms with Crippen LogP contribution in [0.2, 0.25) is 5.02 Å². The number of amides is 1. The molecule has 27 heavy (non-hydrogen) atoms. The zero-order valence-corrected chi connectivity index (χ0v) is 15.0. The Labute approximate surface area is 160 Å². The molecule has 0 fully saturated rings. The lowest BCUT2D eigenvalue weighted by Crippen LogP contribution is -2.17. The fraction of sp³-hybridized carbons (Fsp3) is 0.0526. The van der Waals surface area contributed by atoms with Gasteiger partial charge in [0.2, 0.25) is 0 Å². The van der Waals surface area contributed by atoms with E-state index in [9.17, 15) is 9.59 Å². The van der Waals surface area contributed by atoms with E-state index in [2.05, 4.69) is 20.8 Å². The Balaban J connectivity index is 1.72. The molecule has 0 radical (unpaired) electrons. The van der Waals surface area contributed by atoms with E-state index >= 15 is 0 Å². The molecule has 0 unspecified atom stereocenters. The standard InChI is InChI=1S/C19H15ClN4O3/c1-27-19(26)14-7-2-3-8-15(14)22-18(25)16-9-10-17(24-23-16)21-13-6-4-5-12(20)11-13/h2-11H,1H3,(H,21,24)(H,22,25). The molecule has 0 bridgehead atoms. The molecule has 0 atom stereocenters. The molecule has 3 aromatic rings. The number of esters is 1. The van der Waals surface area contributed by atoms with Crippen LogP contribution in [-0.4, -0.2) is 29.2 Å². The van der Waals surface area contributed by atoms with Crippen molar-refractivity contribution in [2.24, 2.45) is 0 Å². The smallest absolute Gasteiger partial charge is 0.339 e. The molecule has 0 saturated carbocycles. The first-order chi connectivity index (χ1) is 13.1. The number of ether oxygens (including phenoxy) is 1. The van der Waals surface area contributed by atoms with Crippen molar-refractivity contribution in [2.75, 3.05) is 17.7 Å². The Morgan fingerprint density at radius 1 is 1.00 bits per heavy atom. The van der Waals surface area contributed by atoms with Crippen molar-refractivity contribution < 1.29 is 14.3 Å². The van der Waals surface area contributed by atoms with Crippen molar-refractivity contribution >= 4 is 40.7 Å². The first-order valence-corrected chi connectivity index (χ1v) is 8.29. The van der Waals surface area contributed by atoms with Crippen LogP contribution in [0.3, 0.4) is 0 Å². The molecule has 7 nitrogen and oxygen atoms in total. The van der Waals surface area contributed by atoms with E-state index in [-0.39, 0.29) is 11.3 Å². The molecular weight excluding hydrogens is 368 g/mol. The maximum Gasteiger partial charge on any atom is 0.339 e. The van der Waals surface area contributed by atoms with E-state index < -0.39 is 11.9 Å². The Bertz CT molecular complexity index is 977. The highest BCUT2D eigenvalue weighted by Crippen LogP contribution is 2.19. The van der Waals surface area contributed by atoms with E-state index in [0.29, 0.717) is 16.5 Å². The van der Waals surface area contributed by atoms with Gasteiger partial charge in [0, 0.05) is 10.7 Å². The van der Waals surface area contributed by atoms with Crippen molar-refractivity contribution in [2.45, 2.75) is 0 Å². The number of rotatable bonds is 5. The Morgan fingerprint density at radius 3 is 2.52 bits per heavy atom. The number of hydrogen-bond acceptors (Lipinski definition) is 6. The van der Waals surface area contributed by atoms with Crippen molar-refractivity contribution in [3.8, 4) is 0 Å². The number of carbonyl (C=O) groups is 2. The van der Waals surface area contributed by atoms with E-state index in [1.165, 1.54) is 13.2 Å². The van der Waals surface area contributed by atoms with E-state index in [4.69, 9.17) is 16.3 Å². The Hall–Kier alpha value is -3.45. The van der Waals surface area contributed by atoms with Crippen LogP contribution >= 0.6 is 11.6 Å². The highest BCUT2D eigenvalue weighted by molar-refractivity contribution is 6.30. The zero-order chi connectivity index (χ0) is 19.2. The van der Waals surface area contributed by atoms with Gasteiger partial charge < -0.3 is 15.4 Å². The second-order valence-electron chi connectivity index (χ2n) is 5.43. The summed E-state index contributed by atoms with van der Waals surface area (Å²) < 4.78 is 4.71. The fourth-order valence-corrected chi connectivity index (χ4v) is 2.49. The minimum absolute atomic E-state index is 0.103. The SMILES string of the molecule is COC(=O)c1ccccc1NC(=O)c1ccc(Nc2cccc(Cl)c2)nn1. The molecule has 1 amide bonds. The van der Waals surface area contributed by atoms with Gasteiger partial charge in [0.25, 0.3) is 5.91 Å². The molecule has 0 aliphatic carbocycles. The average molecular weight is 383 g/mol. The normalized spacial score (nSPS) is 10.1. The maximum atomic E-state index is 12.4. The molecule has 0 aliphatic heterocycles. The van der Waals surface area contributed by atoms with E-state index in [0.717, 1.165) is 5.69 Å². The summed E-state index contributed by atoms with van der Waals surface area (Å²) in [4.78, 5) is 24.2. The van der Waals surface area contributed by atoms with Crippen molar-refractivity contribution in [1.82, 2.24) is 10.2 Å². The van der Waals surface area contributed by atoms with Gasteiger partial charge in [-0.3, -0.25) is 4.79 Å². The fourth-order valence-electron chi connectivity index (χ4n) is 2.30. The lowest BCUT2D eigenvalue weighted by molar-refractivity contribution is 0.0602. The molecule has 2 N–H and O–H groups in total. The third kappa shape index (κ3) is 4.59. The van der Waals surface area contributed by atoms with Crippen LogP contribution in [0.15, 0.2) is 60.7 Å². The van der Waals surface area contributed by atoms with Gasteiger partial charge in [0.15, 0.2) is 11.5 Å². The molecule has 1 aromatic heterocycles. The third-order valence-electron chi connectivity index (χ3n) is 3.57. The van der Waals surface area contributed by atoms with Crippen LogP contribution in [0.4, 0.5) is 17.2 Å². The monoisotopic (exact) mass is 382 g/mol. The lowest BCUT2D eigenvalue weighted by atomic mass is 10.1. The minimum Gasteiger partial charge on any atom is -0.465 e. The summed E-state index contributed by atoms with van der Waals surface area (Å²) in [5.41, 5.74) is 1.44. The van der Waals surface area contributed by atoms with Crippen LogP contribution in [0.1, 0.15) is 20.8 Å². The zero-order valence-electron chi connectivity index (χ0n) is 14.3. The summed E-state index contributed by atoms with van der Waals surface area (Å²) in [7, 11) is 1.28. The summed E-state index contributed by atoms with van der Waals surface area (Å²) in [6.07, 6.45) is 0. The highest BCUT2D eigenvalue weighted by atomic mass is 35.5. The number of benzene rings is 2. The summed E-state index contributed by atoms with van der Waals surface area (Å²) >= 11 is 5.94. The molecular formula is C19H15ClN4O3. The van der Waals surface area contributed by atoms with Gasteiger partial charge >= 0.3 is 5.97 Å². The van der Waals surface area contributed by atoms with Gasteiger partial charge in [0.1, 0.15) is 0 Å². The van der Waals surface area contributed by atoms with E-state index in [1.807, 2.05) is 6.07 Å². The van der Waals surface area contributed by atoms with Gasteiger partial charge in [-0.25, -0.2) is 4.79 Å². The minimum atomic E-state index is -0.543. The summed E-state index contributed by atoms with van der Waals surface area (Å²) in [6, 6.07) is 16.8. The topological polar surface area (TPSA) is 93.2 Å². The van der Waals surface area contributed by atoms with Gasteiger partial charge in [-0.1, -0.05) is 29.8 Å². The van der Waals surface area contributed by atoms with Gasteiger partial charge in [0.05, 0.1) is 18.4 Å². The summed E-state index contributed by atoms with van der Waals surface area (Å²) in [5, 5.41) is 14.2. The molecule has 8 heteroatoms. The number of nitrogens with one attached hydrogen (secondary N) is 2. The number of para-hydroxylation sites is 1. The molecule has 2 aromatic carbocycles. The van der Waals surface area contributed by atoms with Gasteiger partial charge in [-0.15, -0.1) is 10.2 Å². The summed E-state index contributed by atoms with van der Waals surface area (Å²) in [5.74, 6) is -0.574. The molecule has 3 rings (SSSR count). The Morgan fingerprint density at radius 2 is 1.81 bits per heavy atom. The first-order valence-electron chi connectivity index (χ1n) is 7.92. The van der Waals surface area contributed by atoms with Gasteiger partial charge in [-0.2, -0.15) is 0 Å². The number of anilines is 3. The van der Waals surface area contributed by atoms with Crippen molar-refractivity contribution in [3.05, 3.63) is 76.9 Å². The first kappa shape index (κ1) is 18.3. The molecule has 0 saturated heterocycles. The maximum absolute atomic E-state index is 12.4. The average Bonchev–Trinajstić information content (AvgIpc) is 2.68. The second-order valence-corrected chi connectivity index (χ2v) is 5.87. The molecule has 0 spiro atoms. The molecule has 1 heterocycles. The van der Waals surface area contributed by atoms with Crippen LogP contribution in [0, 0.1) is 0 Å². The predicted molar refractivity (Wildman–Crippen MR) is 103 cm³/mol. The largest absolute Gasteiger partial charge is 0.465 e. The summed E-state index contributed by atoms with van der Waals surface area (Å²) in [6.45, 7) is 0. The van der Waals surface area contributed by atoms with Gasteiger partial charge in [-0.05, 0) is 42.5 Å². The van der Waals surface area contributed by atoms with Crippen molar-refractivity contribution in [1.29, 1.82) is 0 Å². The number of hydrogen-bond donors (Lipinski definition) is 2. The van der Waals surface area contributed by atoms with Crippen LogP contribution in [0.5, 0.6) is 0 Å².